The minimum Gasteiger partial charge on any atom is -0.476 e. The smallest absolute Gasteiger partial charge is 0.356 e. The van der Waals surface area contributed by atoms with Crippen LogP contribution < -0.4 is 0 Å². The van der Waals surface area contributed by atoms with Crippen molar-refractivity contribution >= 4 is 23.2 Å². The van der Waals surface area contributed by atoms with Crippen LogP contribution in [0, 0.1) is 0 Å². The van der Waals surface area contributed by atoms with Gasteiger partial charge in [-0.15, -0.1) is 10.2 Å². The van der Waals surface area contributed by atoms with Gasteiger partial charge in [0.15, 0.2) is 11.3 Å². The number of nitrogens with zero attached hydrogens (tertiary/aromatic N) is 4. The van der Waals surface area contributed by atoms with E-state index >= 15 is 0 Å². The van der Waals surface area contributed by atoms with Gasteiger partial charge in [-0.1, -0.05) is 23.7 Å². The predicted molar refractivity (Wildman–Crippen MR) is 68.2 cm³/mol. The average molecular weight is 275 g/mol. The Hall–Kier alpha value is -2.47. The molecule has 94 valence electrons. The van der Waals surface area contributed by atoms with E-state index in [4.69, 9.17) is 16.7 Å². The number of rotatable bonds is 2. The van der Waals surface area contributed by atoms with Crippen LogP contribution in [0.25, 0.3) is 16.8 Å². The molecule has 7 heteroatoms. The number of aromatic nitrogens is 4. The monoisotopic (exact) mass is 274 g/mol. The number of halogens is 1. The van der Waals surface area contributed by atoms with E-state index in [1.165, 1.54) is 16.9 Å². The topological polar surface area (TPSA) is 80.4 Å². The highest BCUT2D eigenvalue weighted by atomic mass is 35.5. The van der Waals surface area contributed by atoms with Crippen molar-refractivity contribution < 1.29 is 9.90 Å². The Kier molecular flexibility index (Phi) is 2.64. The summed E-state index contributed by atoms with van der Waals surface area (Å²) >= 11 is 5.84. The third-order valence-corrected chi connectivity index (χ3v) is 2.89. The van der Waals surface area contributed by atoms with E-state index in [9.17, 15) is 4.79 Å². The van der Waals surface area contributed by atoms with E-state index in [1.807, 2.05) is 0 Å². The first-order valence-electron chi connectivity index (χ1n) is 5.35. The third-order valence-electron chi connectivity index (χ3n) is 2.64. The van der Waals surface area contributed by atoms with Crippen molar-refractivity contribution in [2.75, 3.05) is 0 Å². The second-order valence-electron chi connectivity index (χ2n) is 3.85. The van der Waals surface area contributed by atoms with Gasteiger partial charge in [0.1, 0.15) is 6.33 Å². The first kappa shape index (κ1) is 11.6. The first-order chi connectivity index (χ1) is 9.15. The van der Waals surface area contributed by atoms with Gasteiger partial charge >= 0.3 is 5.97 Å². The molecule has 19 heavy (non-hydrogen) atoms. The summed E-state index contributed by atoms with van der Waals surface area (Å²) in [5.41, 5.74) is 1.86. The van der Waals surface area contributed by atoms with Crippen LogP contribution in [0.5, 0.6) is 0 Å². The molecular formula is C12H7ClN4O2. The van der Waals surface area contributed by atoms with Crippen molar-refractivity contribution in [3.63, 3.8) is 0 Å². The average Bonchev–Trinajstić information content (AvgIpc) is 2.86. The summed E-state index contributed by atoms with van der Waals surface area (Å²) in [4.78, 5) is 11.1. The number of carbonyl (C=O) groups is 1. The number of aromatic carboxylic acids is 1. The maximum Gasteiger partial charge on any atom is 0.356 e. The minimum atomic E-state index is -1.11. The molecule has 0 aliphatic heterocycles. The van der Waals surface area contributed by atoms with Crippen molar-refractivity contribution in [2.45, 2.75) is 0 Å². The molecule has 2 aromatic heterocycles. The van der Waals surface area contributed by atoms with E-state index in [0.29, 0.717) is 16.2 Å². The fourth-order valence-electron chi connectivity index (χ4n) is 1.77. The van der Waals surface area contributed by atoms with E-state index in [1.54, 1.807) is 24.3 Å². The highest BCUT2D eigenvalue weighted by Gasteiger charge is 2.13. The Bertz CT molecular complexity index is 767. The van der Waals surface area contributed by atoms with E-state index in [-0.39, 0.29) is 5.69 Å². The zero-order valence-electron chi connectivity index (χ0n) is 9.49. The van der Waals surface area contributed by atoms with Crippen LogP contribution in [0.3, 0.4) is 0 Å². The van der Waals surface area contributed by atoms with E-state index in [2.05, 4.69) is 15.3 Å². The van der Waals surface area contributed by atoms with E-state index in [0.717, 1.165) is 5.56 Å². The van der Waals surface area contributed by atoms with E-state index < -0.39 is 5.97 Å². The highest BCUT2D eigenvalue weighted by molar-refractivity contribution is 6.30. The van der Waals surface area contributed by atoms with Crippen LogP contribution in [-0.2, 0) is 0 Å². The molecule has 0 spiro atoms. The summed E-state index contributed by atoms with van der Waals surface area (Å²) in [6, 6.07) is 8.50. The molecule has 0 saturated carbocycles. The van der Waals surface area contributed by atoms with Gasteiger partial charge in [-0.3, -0.25) is 0 Å². The van der Waals surface area contributed by atoms with Gasteiger partial charge in [-0.25, -0.2) is 4.79 Å². The molecule has 6 nitrogen and oxygen atoms in total. The summed E-state index contributed by atoms with van der Waals surface area (Å²) in [6.07, 6.45) is 1.36. The lowest BCUT2D eigenvalue weighted by molar-refractivity contribution is 0.0689. The maximum absolute atomic E-state index is 11.1. The molecule has 0 fully saturated rings. The molecule has 0 amide bonds. The summed E-state index contributed by atoms with van der Waals surface area (Å²) in [5, 5.41) is 21.2. The molecule has 0 unspecified atom stereocenters. The lowest BCUT2D eigenvalue weighted by Gasteiger charge is -2.04. The van der Waals surface area contributed by atoms with Crippen LogP contribution in [0.15, 0.2) is 36.7 Å². The van der Waals surface area contributed by atoms with Gasteiger partial charge < -0.3 is 5.11 Å². The third kappa shape index (κ3) is 2.02. The number of carboxylic acids is 1. The van der Waals surface area contributed by atoms with Crippen molar-refractivity contribution in [1.82, 2.24) is 19.8 Å². The predicted octanol–water partition coefficient (Wildman–Crippen LogP) is 2.14. The molecular weight excluding hydrogens is 268 g/mol. The number of benzene rings is 1. The van der Waals surface area contributed by atoms with Crippen LogP contribution in [0.4, 0.5) is 0 Å². The van der Waals surface area contributed by atoms with Gasteiger partial charge in [0.25, 0.3) is 0 Å². The number of hydrogen-bond donors (Lipinski definition) is 1. The summed E-state index contributed by atoms with van der Waals surface area (Å²) in [5.74, 6) is -1.11. The second kappa shape index (κ2) is 4.33. The van der Waals surface area contributed by atoms with Crippen LogP contribution >= 0.6 is 11.6 Å². The van der Waals surface area contributed by atoms with Gasteiger partial charge in [-0.05, 0) is 23.8 Å². The lowest BCUT2D eigenvalue weighted by atomic mass is 10.1. The fourth-order valence-corrected chi connectivity index (χ4v) is 1.90. The highest BCUT2D eigenvalue weighted by Crippen LogP contribution is 2.25. The quantitative estimate of drug-likeness (QED) is 0.774. The Morgan fingerprint density at radius 1 is 1.26 bits per heavy atom. The molecule has 3 rings (SSSR count). The fraction of sp³-hybridized carbons (Fsp3) is 0. The van der Waals surface area contributed by atoms with Gasteiger partial charge in [0.2, 0.25) is 0 Å². The van der Waals surface area contributed by atoms with Crippen molar-refractivity contribution in [2.24, 2.45) is 0 Å². The maximum atomic E-state index is 11.1. The lowest BCUT2D eigenvalue weighted by Crippen LogP contribution is -2.05. The number of fused-ring (bicyclic) bond motifs is 1. The molecule has 0 aliphatic rings. The van der Waals surface area contributed by atoms with Gasteiger partial charge in [0, 0.05) is 10.6 Å². The van der Waals surface area contributed by atoms with Crippen LogP contribution in [0.2, 0.25) is 5.02 Å². The molecule has 0 atom stereocenters. The van der Waals surface area contributed by atoms with Crippen LogP contribution in [0.1, 0.15) is 10.5 Å². The van der Waals surface area contributed by atoms with Crippen LogP contribution in [-0.4, -0.2) is 30.9 Å². The molecule has 3 aromatic rings. The van der Waals surface area contributed by atoms with Crippen molar-refractivity contribution in [3.05, 3.63) is 47.4 Å². The molecule has 0 aliphatic carbocycles. The summed E-state index contributed by atoms with van der Waals surface area (Å²) in [6.45, 7) is 0. The van der Waals surface area contributed by atoms with Crippen molar-refractivity contribution in [1.29, 1.82) is 0 Å². The SMILES string of the molecule is O=C(O)c1cc(-c2ccc(Cl)cc2)c2nncn2n1. The standard InChI is InChI=1S/C12H7ClN4O2/c13-8-3-1-7(2-4-8)9-5-10(12(18)19)16-17-6-14-15-11(9)17/h1-6H,(H,18,19). The Morgan fingerprint density at radius 3 is 2.68 bits per heavy atom. The molecule has 1 aromatic carbocycles. The summed E-state index contributed by atoms with van der Waals surface area (Å²) < 4.78 is 1.34. The normalized spacial score (nSPS) is 10.8. The van der Waals surface area contributed by atoms with Crippen molar-refractivity contribution in [3.8, 4) is 11.1 Å². The largest absolute Gasteiger partial charge is 0.476 e. The molecule has 0 saturated heterocycles. The Balaban J connectivity index is 2.29. The number of hydrogen-bond acceptors (Lipinski definition) is 4. The zero-order chi connectivity index (χ0) is 13.4. The second-order valence-corrected chi connectivity index (χ2v) is 4.29. The van der Waals surface area contributed by atoms with Gasteiger partial charge in [0.05, 0.1) is 0 Å². The molecule has 0 radical (unpaired) electrons. The first-order valence-corrected chi connectivity index (χ1v) is 5.73. The summed E-state index contributed by atoms with van der Waals surface area (Å²) in [7, 11) is 0. The number of carboxylic acid groups (broad SMARTS) is 1. The molecule has 0 bridgehead atoms. The molecule has 2 heterocycles. The van der Waals surface area contributed by atoms with Gasteiger partial charge in [-0.2, -0.15) is 9.61 Å². The Labute approximate surface area is 112 Å². The minimum absolute atomic E-state index is 0.0720. The zero-order valence-corrected chi connectivity index (χ0v) is 10.2. The Morgan fingerprint density at radius 2 is 2.00 bits per heavy atom. The molecule has 1 N–H and O–H groups in total.